The summed E-state index contributed by atoms with van der Waals surface area (Å²) in [5.74, 6) is -1.56. The Morgan fingerprint density at radius 1 is 1.70 bits per heavy atom. The van der Waals surface area contributed by atoms with E-state index in [9.17, 15) is 13.5 Å². The van der Waals surface area contributed by atoms with E-state index < -0.39 is 20.8 Å². The van der Waals surface area contributed by atoms with Crippen molar-refractivity contribution in [1.82, 2.24) is 0 Å². The maximum Gasteiger partial charge on any atom is 1.00 e. The molecule has 0 aliphatic heterocycles. The number of nitrogens with one attached hydrogen (secondary N) is 1. The maximum atomic E-state index is 9.82. The third-order valence-electron chi connectivity index (χ3n) is 0.339. The average Bonchev–Trinajstić information content (AvgIpc) is 1.59. The van der Waals surface area contributed by atoms with Crippen molar-refractivity contribution < 1.29 is 47.6 Å². The van der Waals surface area contributed by atoms with E-state index in [1.54, 1.807) is 0 Å². The standard InChI is InChI=1S/C2H5NO4S2.Na/c3-2(4)1-8-9(5,6)7;/h1H2,(H2,3,4)(H,5,6,7);/q;+1/p-1. The fraction of sp³-hybridized carbons (Fsp3) is 0.500. The molecule has 0 aromatic rings. The minimum absolute atomic E-state index is 0. The normalized spacial score (nSPS) is 10.1. The van der Waals surface area contributed by atoms with Crippen LogP contribution in [0.2, 0.25) is 0 Å². The van der Waals surface area contributed by atoms with E-state index >= 15 is 0 Å². The summed E-state index contributed by atoms with van der Waals surface area (Å²) in [6, 6.07) is 0. The number of hydrogen-bond donors (Lipinski definition) is 2. The summed E-state index contributed by atoms with van der Waals surface area (Å²) >= 11 is 0. The van der Waals surface area contributed by atoms with E-state index in [0.29, 0.717) is 0 Å². The van der Waals surface area contributed by atoms with E-state index in [2.05, 4.69) is 0 Å². The third-order valence-corrected chi connectivity index (χ3v) is 2.26. The van der Waals surface area contributed by atoms with Gasteiger partial charge in [0.25, 0.3) is 0 Å². The molecule has 0 unspecified atom stereocenters. The van der Waals surface area contributed by atoms with Gasteiger partial charge in [-0.1, -0.05) is 0 Å². The molecule has 0 heterocycles. The van der Waals surface area contributed by atoms with Crippen LogP contribution in [0.5, 0.6) is 0 Å². The molecule has 0 aliphatic rings. The predicted molar refractivity (Wildman–Crippen MR) is 31.7 cm³/mol. The monoisotopic (exact) mass is 193 g/mol. The first kappa shape index (κ1) is 13.3. The van der Waals surface area contributed by atoms with Crippen LogP contribution >= 0.6 is 10.8 Å². The van der Waals surface area contributed by atoms with Crippen LogP contribution in [-0.4, -0.2) is 24.6 Å². The molecule has 0 saturated heterocycles. The third kappa shape index (κ3) is 11.5. The van der Waals surface area contributed by atoms with Gasteiger partial charge >= 0.3 is 38.7 Å². The van der Waals surface area contributed by atoms with Crippen LogP contribution < -0.4 is 34.7 Å². The summed E-state index contributed by atoms with van der Waals surface area (Å²) in [6.07, 6.45) is 0. The fourth-order valence-electron chi connectivity index (χ4n) is 0.128. The van der Waals surface area contributed by atoms with E-state index in [0.717, 1.165) is 0 Å². The van der Waals surface area contributed by atoms with Crippen LogP contribution in [0.4, 0.5) is 0 Å². The van der Waals surface area contributed by atoms with E-state index in [1.165, 1.54) is 0 Å². The van der Waals surface area contributed by atoms with Gasteiger partial charge in [0.15, 0.2) is 0 Å². The van der Waals surface area contributed by atoms with Crippen molar-refractivity contribution in [3.63, 3.8) is 0 Å². The zero-order valence-corrected chi connectivity index (χ0v) is 8.83. The SMILES string of the molecule is N=C([O-])CSS(=O)(=O)O.[Na+]. The Labute approximate surface area is 84.1 Å². The molecule has 10 heavy (non-hydrogen) atoms. The van der Waals surface area contributed by atoms with Gasteiger partial charge in [-0.3, -0.25) is 4.55 Å². The molecule has 0 aromatic carbocycles. The largest absolute Gasteiger partial charge is 1.00 e. The second-order valence-corrected chi connectivity index (χ2v) is 4.46. The van der Waals surface area contributed by atoms with Gasteiger partial charge in [0, 0.05) is 16.5 Å². The van der Waals surface area contributed by atoms with Gasteiger partial charge in [0.1, 0.15) is 0 Å². The number of rotatable bonds is 3. The summed E-state index contributed by atoms with van der Waals surface area (Å²) in [4.78, 5) is 0. The minimum Gasteiger partial charge on any atom is -0.862 e. The predicted octanol–water partition coefficient (Wildman–Crippen LogP) is -4.14. The van der Waals surface area contributed by atoms with Crippen molar-refractivity contribution in [2.24, 2.45) is 0 Å². The van der Waals surface area contributed by atoms with Crippen LogP contribution in [-0.2, 0) is 9.15 Å². The first-order valence-corrected chi connectivity index (χ1v) is 4.72. The van der Waals surface area contributed by atoms with Crippen molar-refractivity contribution >= 4 is 25.8 Å². The summed E-state index contributed by atoms with van der Waals surface area (Å²) in [7, 11) is -4.11. The molecule has 0 fully saturated rings. The van der Waals surface area contributed by atoms with Gasteiger partial charge in [-0.15, -0.1) is 0 Å². The molecule has 0 amide bonds. The summed E-state index contributed by atoms with van der Waals surface area (Å²) in [5, 5.41) is 16.0. The van der Waals surface area contributed by atoms with E-state index in [4.69, 9.17) is 9.96 Å². The van der Waals surface area contributed by atoms with Crippen molar-refractivity contribution in [3.05, 3.63) is 0 Å². The van der Waals surface area contributed by atoms with Crippen LogP contribution in [0.1, 0.15) is 0 Å². The van der Waals surface area contributed by atoms with E-state index in [1.807, 2.05) is 0 Å². The van der Waals surface area contributed by atoms with Crippen molar-refractivity contribution in [2.75, 3.05) is 5.75 Å². The van der Waals surface area contributed by atoms with Crippen molar-refractivity contribution in [1.29, 1.82) is 5.41 Å². The van der Waals surface area contributed by atoms with Crippen LogP contribution in [0.15, 0.2) is 0 Å². The minimum atomic E-state index is -4.14. The smallest absolute Gasteiger partial charge is 0.862 e. The first-order valence-electron chi connectivity index (χ1n) is 1.78. The Morgan fingerprint density at radius 2 is 2.10 bits per heavy atom. The molecule has 2 N–H and O–H groups in total. The van der Waals surface area contributed by atoms with Gasteiger partial charge in [-0.25, -0.2) is 0 Å². The molecule has 0 aromatic heterocycles. The molecular weight excluding hydrogens is 189 g/mol. The molecule has 0 radical (unpaired) electrons. The van der Waals surface area contributed by atoms with Gasteiger partial charge in [-0.2, -0.15) is 8.42 Å². The molecule has 0 saturated carbocycles. The molecule has 0 atom stereocenters. The van der Waals surface area contributed by atoms with Gasteiger partial charge in [0.05, 0.1) is 0 Å². The molecule has 0 rings (SSSR count). The molecule has 54 valence electrons. The zero-order valence-electron chi connectivity index (χ0n) is 5.20. The Morgan fingerprint density at radius 3 is 2.20 bits per heavy atom. The van der Waals surface area contributed by atoms with Gasteiger partial charge < -0.3 is 10.5 Å². The zero-order chi connectivity index (χ0) is 7.49. The molecular formula is C2H4NNaO4S2. The van der Waals surface area contributed by atoms with Crippen LogP contribution in [0.25, 0.3) is 0 Å². The molecule has 0 spiro atoms. The topological polar surface area (TPSA) is 101 Å². The summed E-state index contributed by atoms with van der Waals surface area (Å²) in [5.41, 5.74) is 0. The Hall–Kier alpha value is 0.730. The molecule has 8 heteroatoms. The summed E-state index contributed by atoms with van der Waals surface area (Å²) < 4.78 is 27.6. The van der Waals surface area contributed by atoms with Crippen LogP contribution in [0.3, 0.4) is 0 Å². The number of hydrogen-bond acceptors (Lipinski definition) is 5. The van der Waals surface area contributed by atoms with E-state index in [-0.39, 0.29) is 40.4 Å². The average molecular weight is 193 g/mol. The Balaban J connectivity index is 0. The molecule has 5 nitrogen and oxygen atoms in total. The Bertz CT molecular complexity index is 199. The fourth-order valence-corrected chi connectivity index (χ4v) is 1.15. The van der Waals surface area contributed by atoms with Gasteiger partial charge in [0.2, 0.25) is 0 Å². The molecule has 0 bridgehead atoms. The van der Waals surface area contributed by atoms with Crippen molar-refractivity contribution in [2.45, 2.75) is 0 Å². The first-order chi connectivity index (χ1) is 3.92. The molecule has 0 aliphatic carbocycles. The van der Waals surface area contributed by atoms with Crippen LogP contribution in [0, 0.1) is 5.41 Å². The van der Waals surface area contributed by atoms with Crippen molar-refractivity contribution in [3.8, 4) is 0 Å². The van der Waals surface area contributed by atoms with Gasteiger partial charge in [-0.05, 0) is 5.90 Å². The second kappa shape index (κ2) is 5.39. The second-order valence-electron chi connectivity index (χ2n) is 1.11. The maximum absolute atomic E-state index is 9.82. The Kier molecular flexibility index (Phi) is 7.18. The quantitative estimate of drug-likeness (QED) is 0.156. The summed E-state index contributed by atoms with van der Waals surface area (Å²) in [6.45, 7) is 0.